The molecule has 130 valence electrons. The van der Waals surface area contributed by atoms with Gasteiger partial charge in [-0.05, 0) is 57.2 Å². The van der Waals surface area contributed by atoms with Crippen molar-refractivity contribution in [3.8, 4) is 6.07 Å². The third kappa shape index (κ3) is 4.33. The van der Waals surface area contributed by atoms with Crippen LogP contribution in [-0.2, 0) is 14.3 Å². The molecule has 0 bridgehead atoms. The number of nitriles is 1. The molecule has 0 unspecified atom stereocenters. The molecule has 0 saturated carbocycles. The molecule has 1 saturated heterocycles. The van der Waals surface area contributed by atoms with Gasteiger partial charge in [0, 0.05) is 12.5 Å². The molecule has 5 heteroatoms. The van der Waals surface area contributed by atoms with E-state index in [1.807, 2.05) is 13.8 Å². The summed E-state index contributed by atoms with van der Waals surface area (Å²) in [6, 6.07) is 8.17. The van der Waals surface area contributed by atoms with Crippen LogP contribution in [0.4, 0.5) is 4.39 Å². The van der Waals surface area contributed by atoms with Crippen LogP contribution in [0.3, 0.4) is 0 Å². The van der Waals surface area contributed by atoms with Gasteiger partial charge in [0.15, 0.2) is 5.92 Å². The van der Waals surface area contributed by atoms with Gasteiger partial charge >= 0.3 is 5.97 Å². The highest BCUT2D eigenvalue weighted by molar-refractivity contribution is 5.76. The lowest BCUT2D eigenvalue weighted by Gasteiger charge is -2.40. The monoisotopic (exact) mass is 333 g/mol. The molecule has 1 aromatic carbocycles. The molecule has 0 N–H and O–H groups in total. The van der Waals surface area contributed by atoms with Crippen molar-refractivity contribution in [1.29, 1.82) is 5.26 Å². The Morgan fingerprint density at radius 2 is 2.12 bits per heavy atom. The second-order valence-electron chi connectivity index (χ2n) is 6.80. The quantitative estimate of drug-likeness (QED) is 0.769. The van der Waals surface area contributed by atoms with Gasteiger partial charge in [0.1, 0.15) is 5.82 Å². The van der Waals surface area contributed by atoms with Crippen molar-refractivity contribution in [2.75, 3.05) is 13.2 Å². The molecule has 0 aliphatic carbocycles. The van der Waals surface area contributed by atoms with Gasteiger partial charge in [-0.2, -0.15) is 5.26 Å². The Labute approximate surface area is 142 Å². The minimum absolute atomic E-state index is 0.0910. The van der Waals surface area contributed by atoms with Crippen LogP contribution in [0.5, 0.6) is 0 Å². The number of nitrogens with zero attached hydrogens (tertiary/aromatic N) is 1. The number of benzene rings is 1. The summed E-state index contributed by atoms with van der Waals surface area (Å²) in [7, 11) is 0. The van der Waals surface area contributed by atoms with E-state index in [2.05, 4.69) is 6.07 Å². The van der Waals surface area contributed by atoms with Crippen LogP contribution in [0.2, 0.25) is 0 Å². The van der Waals surface area contributed by atoms with E-state index in [-0.39, 0.29) is 29.9 Å². The van der Waals surface area contributed by atoms with Crippen molar-refractivity contribution in [2.24, 2.45) is 11.8 Å². The molecular formula is C19H24FNO3. The van der Waals surface area contributed by atoms with Crippen LogP contribution in [0, 0.1) is 29.0 Å². The fourth-order valence-corrected chi connectivity index (χ4v) is 3.52. The maximum absolute atomic E-state index is 13.3. The molecule has 0 spiro atoms. The van der Waals surface area contributed by atoms with E-state index in [0.29, 0.717) is 6.61 Å². The van der Waals surface area contributed by atoms with E-state index in [0.717, 1.165) is 18.4 Å². The first-order chi connectivity index (χ1) is 11.4. The van der Waals surface area contributed by atoms with E-state index >= 15 is 0 Å². The molecule has 4 nitrogen and oxygen atoms in total. The predicted molar refractivity (Wildman–Crippen MR) is 87.6 cm³/mol. The third-order valence-electron chi connectivity index (χ3n) is 4.54. The molecular weight excluding hydrogens is 309 g/mol. The molecule has 0 aromatic heterocycles. The zero-order chi connectivity index (χ0) is 17.7. The van der Waals surface area contributed by atoms with Crippen LogP contribution >= 0.6 is 0 Å². The summed E-state index contributed by atoms with van der Waals surface area (Å²) < 4.78 is 24.2. The first kappa shape index (κ1) is 18.4. The van der Waals surface area contributed by atoms with Crippen molar-refractivity contribution >= 4 is 5.97 Å². The number of halogens is 1. The summed E-state index contributed by atoms with van der Waals surface area (Å²) >= 11 is 0. The molecule has 3 atom stereocenters. The number of esters is 1. The van der Waals surface area contributed by atoms with Gasteiger partial charge in [-0.25, -0.2) is 4.39 Å². The number of hydrogen-bond donors (Lipinski definition) is 0. The van der Waals surface area contributed by atoms with Crippen LogP contribution in [0.1, 0.15) is 45.1 Å². The Morgan fingerprint density at radius 3 is 2.67 bits per heavy atom. The lowest BCUT2D eigenvalue weighted by molar-refractivity contribution is -0.148. The number of carbonyl (C=O) groups is 1. The molecule has 1 aromatic rings. The maximum Gasteiger partial charge on any atom is 0.323 e. The Balaban J connectivity index is 2.38. The van der Waals surface area contributed by atoms with Gasteiger partial charge in [-0.3, -0.25) is 4.79 Å². The normalized spacial score (nSPS) is 22.2. The Hall–Kier alpha value is -1.93. The van der Waals surface area contributed by atoms with E-state index in [9.17, 15) is 14.4 Å². The summed E-state index contributed by atoms with van der Waals surface area (Å²) in [6.45, 7) is 6.54. The van der Waals surface area contributed by atoms with Gasteiger partial charge in [0.25, 0.3) is 0 Å². The first-order valence-electron chi connectivity index (χ1n) is 8.33. The van der Waals surface area contributed by atoms with Crippen LogP contribution in [0.15, 0.2) is 24.3 Å². The van der Waals surface area contributed by atoms with Gasteiger partial charge < -0.3 is 9.47 Å². The molecule has 1 aliphatic heterocycles. The fourth-order valence-electron chi connectivity index (χ4n) is 3.52. The van der Waals surface area contributed by atoms with Crippen molar-refractivity contribution < 1.29 is 18.7 Å². The Bertz CT molecular complexity index is 606. The van der Waals surface area contributed by atoms with Crippen molar-refractivity contribution in [3.05, 3.63) is 35.6 Å². The van der Waals surface area contributed by atoms with Gasteiger partial charge in [0.2, 0.25) is 0 Å². The number of ether oxygens (including phenoxy) is 2. The maximum atomic E-state index is 13.3. The molecule has 0 amide bonds. The van der Waals surface area contributed by atoms with Gasteiger partial charge in [-0.1, -0.05) is 12.1 Å². The molecule has 1 fully saturated rings. The Morgan fingerprint density at radius 1 is 1.46 bits per heavy atom. The highest BCUT2D eigenvalue weighted by Gasteiger charge is 2.41. The third-order valence-corrected chi connectivity index (χ3v) is 4.54. The van der Waals surface area contributed by atoms with Crippen LogP contribution in [0.25, 0.3) is 0 Å². The summed E-state index contributed by atoms with van der Waals surface area (Å²) in [6.07, 6.45) is 1.48. The first-order valence-corrected chi connectivity index (χ1v) is 8.33. The van der Waals surface area contributed by atoms with E-state index < -0.39 is 11.9 Å². The van der Waals surface area contributed by atoms with Crippen LogP contribution < -0.4 is 0 Å². The predicted octanol–water partition coefficient (Wildman–Crippen LogP) is 3.82. The van der Waals surface area contributed by atoms with Gasteiger partial charge in [0.05, 0.1) is 18.3 Å². The number of carbonyl (C=O) groups excluding carboxylic acids is 1. The Kier molecular flexibility index (Phi) is 5.95. The SMILES string of the molecule is CCOC(=O)[C@H](C#N)[C@@H](c1ccc(F)cc1)[C@@H]1CCOC(C)(C)C1. The topological polar surface area (TPSA) is 59.3 Å². The summed E-state index contributed by atoms with van der Waals surface area (Å²) in [5, 5.41) is 9.61. The van der Waals surface area contributed by atoms with Crippen molar-refractivity contribution in [1.82, 2.24) is 0 Å². The van der Waals surface area contributed by atoms with Crippen molar-refractivity contribution in [3.63, 3.8) is 0 Å². The molecule has 0 radical (unpaired) electrons. The molecule has 1 aliphatic rings. The molecule has 24 heavy (non-hydrogen) atoms. The lowest BCUT2D eigenvalue weighted by atomic mass is 9.71. The van der Waals surface area contributed by atoms with E-state index in [1.165, 1.54) is 12.1 Å². The second kappa shape index (κ2) is 7.76. The molecule has 2 rings (SSSR count). The zero-order valence-corrected chi connectivity index (χ0v) is 14.4. The minimum atomic E-state index is -0.908. The van der Waals surface area contributed by atoms with E-state index in [1.54, 1.807) is 19.1 Å². The zero-order valence-electron chi connectivity index (χ0n) is 14.4. The summed E-state index contributed by atoms with van der Waals surface area (Å²) in [4.78, 5) is 12.3. The highest BCUT2D eigenvalue weighted by atomic mass is 19.1. The van der Waals surface area contributed by atoms with E-state index in [4.69, 9.17) is 9.47 Å². The average Bonchev–Trinajstić information content (AvgIpc) is 2.52. The van der Waals surface area contributed by atoms with Crippen LogP contribution in [-0.4, -0.2) is 24.8 Å². The van der Waals surface area contributed by atoms with Gasteiger partial charge in [-0.15, -0.1) is 0 Å². The minimum Gasteiger partial charge on any atom is -0.465 e. The van der Waals surface area contributed by atoms with Crippen molar-refractivity contribution in [2.45, 2.75) is 45.1 Å². The largest absolute Gasteiger partial charge is 0.465 e. The summed E-state index contributed by atoms with van der Waals surface area (Å²) in [5.74, 6) is -2.01. The lowest BCUT2D eigenvalue weighted by Crippen LogP contribution is -2.39. The standard InChI is InChI=1S/C19H24FNO3/c1-4-23-18(22)16(12-21)17(13-5-7-15(20)8-6-13)14-9-10-24-19(2,3)11-14/h5-8,14,16-17H,4,9-11H2,1-3H3/t14-,16-,17+/m1/s1. The second-order valence-corrected chi connectivity index (χ2v) is 6.80. The smallest absolute Gasteiger partial charge is 0.323 e. The average molecular weight is 333 g/mol. The number of hydrogen-bond acceptors (Lipinski definition) is 4. The highest BCUT2D eigenvalue weighted by Crippen LogP contribution is 2.42. The number of rotatable bonds is 5. The summed E-state index contributed by atoms with van der Waals surface area (Å²) in [5.41, 5.74) is 0.481. The molecule has 1 heterocycles. The fraction of sp³-hybridized carbons (Fsp3) is 0.579.